The molecule has 1 fully saturated rings. The van der Waals surface area contributed by atoms with Crippen LogP contribution in [0.5, 0.6) is 0 Å². The van der Waals surface area contributed by atoms with Crippen LogP contribution in [0.15, 0.2) is 36.7 Å². The Labute approximate surface area is 139 Å². The number of hydrogen-bond acceptors (Lipinski definition) is 5. The van der Waals surface area contributed by atoms with Crippen LogP contribution in [0.4, 0.5) is 0 Å². The standard InChI is InChI=1S/C17H16N6O/c1-17(7-15(24)23(2)16(19)22-17)14-10-20-9-13(21-14)12-5-3-4-11(6-12)8-18/h3-6,9-10H,7H2,1-2H3,(H2,19,22)/t17-/m0/s1. The third-order valence-electron chi connectivity index (χ3n) is 4.10. The second-order valence-corrected chi connectivity index (χ2v) is 5.92. The zero-order chi connectivity index (χ0) is 17.3. The van der Waals surface area contributed by atoms with E-state index < -0.39 is 5.54 Å². The number of nitrogens with zero attached hydrogens (tertiary/aromatic N) is 4. The molecule has 7 nitrogen and oxygen atoms in total. The minimum Gasteiger partial charge on any atom is -0.345 e. The summed E-state index contributed by atoms with van der Waals surface area (Å²) in [5.74, 6) is -0.118. The van der Waals surface area contributed by atoms with Crippen LogP contribution >= 0.6 is 0 Å². The molecule has 1 aliphatic heterocycles. The first kappa shape index (κ1) is 15.6. The summed E-state index contributed by atoms with van der Waals surface area (Å²) in [6.07, 6.45) is 3.39. The summed E-state index contributed by atoms with van der Waals surface area (Å²) < 4.78 is 0. The average Bonchev–Trinajstić information content (AvgIpc) is 2.60. The number of aromatic nitrogens is 2. The van der Waals surface area contributed by atoms with Crippen LogP contribution in [0.1, 0.15) is 24.6 Å². The van der Waals surface area contributed by atoms with Crippen molar-refractivity contribution in [3.8, 4) is 17.3 Å². The smallest absolute Gasteiger partial charge is 0.231 e. The minimum atomic E-state index is -0.795. The Morgan fingerprint density at radius 1 is 1.42 bits per heavy atom. The van der Waals surface area contributed by atoms with E-state index in [0.29, 0.717) is 17.0 Å². The summed E-state index contributed by atoms with van der Waals surface area (Å²) in [4.78, 5) is 22.2. The first-order chi connectivity index (χ1) is 11.4. The molecule has 7 heteroatoms. The van der Waals surface area contributed by atoms with Crippen LogP contribution in [0.3, 0.4) is 0 Å². The molecule has 2 aromatic rings. The van der Waals surface area contributed by atoms with E-state index in [1.165, 1.54) is 4.90 Å². The van der Waals surface area contributed by atoms with Gasteiger partial charge in [-0.3, -0.25) is 20.1 Å². The molecule has 1 saturated heterocycles. The molecule has 2 N–H and O–H groups in total. The summed E-state index contributed by atoms with van der Waals surface area (Å²) >= 11 is 0. The molecule has 1 aromatic carbocycles. The highest BCUT2D eigenvalue weighted by atomic mass is 16.2. The lowest BCUT2D eigenvalue weighted by Crippen LogP contribution is -2.58. The van der Waals surface area contributed by atoms with Gasteiger partial charge in [0.1, 0.15) is 0 Å². The molecule has 3 rings (SSSR count). The molecule has 2 heterocycles. The maximum Gasteiger partial charge on any atom is 0.231 e. The van der Waals surface area contributed by atoms with Crippen LogP contribution in [0.25, 0.3) is 11.3 Å². The van der Waals surface area contributed by atoms with E-state index in [4.69, 9.17) is 10.7 Å². The highest BCUT2D eigenvalue weighted by molar-refractivity contribution is 5.98. The van der Waals surface area contributed by atoms with Gasteiger partial charge in [-0.15, -0.1) is 0 Å². The second kappa shape index (κ2) is 5.74. The third kappa shape index (κ3) is 2.70. The third-order valence-corrected chi connectivity index (χ3v) is 4.10. The van der Waals surface area contributed by atoms with E-state index in [0.717, 1.165) is 5.56 Å². The maximum absolute atomic E-state index is 12.1. The number of rotatable bonds is 2. The van der Waals surface area contributed by atoms with Crippen molar-refractivity contribution < 1.29 is 4.79 Å². The highest BCUT2D eigenvalue weighted by Gasteiger charge is 2.39. The van der Waals surface area contributed by atoms with Gasteiger partial charge in [0.15, 0.2) is 5.96 Å². The Bertz CT molecular complexity index is 851. The number of guanidine groups is 1. The van der Waals surface area contributed by atoms with E-state index in [1.807, 2.05) is 13.0 Å². The number of hydrogen-bond donors (Lipinski definition) is 2. The van der Waals surface area contributed by atoms with Crippen molar-refractivity contribution in [3.05, 3.63) is 47.9 Å². The quantitative estimate of drug-likeness (QED) is 0.874. The molecule has 0 unspecified atom stereocenters. The Hall–Kier alpha value is -3.27. The Kier molecular flexibility index (Phi) is 3.73. The number of benzene rings is 1. The maximum atomic E-state index is 12.1. The van der Waals surface area contributed by atoms with Gasteiger partial charge in [-0.25, -0.2) is 4.98 Å². The number of carbonyl (C=O) groups is 1. The van der Waals surface area contributed by atoms with Gasteiger partial charge in [0.25, 0.3) is 0 Å². The summed E-state index contributed by atoms with van der Waals surface area (Å²) in [7, 11) is 1.56. The molecule has 0 bridgehead atoms. The van der Waals surface area contributed by atoms with Crippen molar-refractivity contribution >= 4 is 11.9 Å². The predicted molar refractivity (Wildman–Crippen MR) is 87.8 cm³/mol. The van der Waals surface area contributed by atoms with Gasteiger partial charge < -0.3 is 5.32 Å². The first-order valence-corrected chi connectivity index (χ1v) is 7.39. The van der Waals surface area contributed by atoms with Gasteiger partial charge >= 0.3 is 0 Å². The summed E-state index contributed by atoms with van der Waals surface area (Å²) in [6, 6.07) is 9.21. The van der Waals surface area contributed by atoms with Crippen LogP contribution in [-0.4, -0.2) is 33.8 Å². The molecule has 0 spiro atoms. The largest absolute Gasteiger partial charge is 0.345 e. The molecule has 24 heavy (non-hydrogen) atoms. The Balaban J connectivity index is 2.00. The SMILES string of the molecule is CN1C(=N)N[C@](C)(c2cncc(-c3cccc(C#N)c3)n2)CC1=O. The van der Waals surface area contributed by atoms with E-state index >= 15 is 0 Å². The van der Waals surface area contributed by atoms with Gasteiger partial charge in [0, 0.05) is 12.6 Å². The summed E-state index contributed by atoms with van der Waals surface area (Å²) in [5, 5.41) is 20.0. The van der Waals surface area contributed by atoms with Gasteiger partial charge in [-0.1, -0.05) is 12.1 Å². The lowest BCUT2D eigenvalue weighted by Gasteiger charge is -2.38. The van der Waals surface area contributed by atoms with Crippen molar-refractivity contribution in [1.29, 1.82) is 10.7 Å². The molecular weight excluding hydrogens is 304 g/mol. The average molecular weight is 320 g/mol. The van der Waals surface area contributed by atoms with Crippen molar-refractivity contribution in [2.75, 3.05) is 7.05 Å². The van der Waals surface area contributed by atoms with Crippen LogP contribution in [-0.2, 0) is 10.3 Å². The molecule has 0 saturated carbocycles. The summed E-state index contributed by atoms with van der Waals surface area (Å²) in [6.45, 7) is 1.83. The van der Waals surface area contributed by atoms with E-state index in [9.17, 15) is 4.79 Å². The van der Waals surface area contributed by atoms with Crippen LogP contribution in [0.2, 0.25) is 0 Å². The monoisotopic (exact) mass is 320 g/mol. The van der Waals surface area contributed by atoms with Gasteiger partial charge in [0.05, 0.1) is 47.4 Å². The lowest BCUT2D eigenvalue weighted by molar-refractivity contribution is -0.129. The molecule has 0 radical (unpaired) electrons. The van der Waals surface area contributed by atoms with Crippen molar-refractivity contribution in [2.24, 2.45) is 0 Å². The minimum absolute atomic E-state index is 0.0347. The molecule has 1 atom stereocenters. The molecule has 1 aliphatic rings. The van der Waals surface area contributed by atoms with Gasteiger partial charge in [-0.2, -0.15) is 5.26 Å². The van der Waals surface area contributed by atoms with Crippen molar-refractivity contribution in [3.63, 3.8) is 0 Å². The highest BCUT2D eigenvalue weighted by Crippen LogP contribution is 2.28. The fraction of sp³-hybridized carbons (Fsp3) is 0.235. The predicted octanol–water partition coefficient (Wildman–Crippen LogP) is 1.62. The van der Waals surface area contributed by atoms with E-state index in [-0.39, 0.29) is 18.3 Å². The van der Waals surface area contributed by atoms with E-state index in [2.05, 4.69) is 21.4 Å². The van der Waals surface area contributed by atoms with Crippen molar-refractivity contribution in [1.82, 2.24) is 20.2 Å². The number of carbonyl (C=O) groups excluding carboxylic acids is 1. The molecule has 1 aromatic heterocycles. The normalized spacial score (nSPS) is 20.5. The number of amides is 1. The second-order valence-electron chi connectivity index (χ2n) is 5.92. The van der Waals surface area contributed by atoms with Crippen LogP contribution < -0.4 is 5.32 Å². The topological polar surface area (TPSA) is 106 Å². The summed E-state index contributed by atoms with van der Waals surface area (Å²) in [5.41, 5.74) is 1.72. The first-order valence-electron chi connectivity index (χ1n) is 7.39. The van der Waals surface area contributed by atoms with Gasteiger partial charge in [0.2, 0.25) is 5.91 Å². The molecule has 120 valence electrons. The van der Waals surface area contributed by atoms with Crippen LogP contribution in [0, 0.1) is 16.7 Å². The molecular formula is C17H16N6O. The fourth-order valence-corrected chi connectivity index (χ4v) is 2.61. The van der Waals surface area contributed by atoms with Crippen molar-refractivity contribution in [2.45, 2.75) is 18.9 Å². The molecule has 0 aliphatic carbocycles. The van der Waals surface area contributed by atoms with Gasteiger partial charge in [-0.05, 0) is 19.1 Å². The van der Waals surface area contributed by atoms with E-state index in [1.54, 1.807) is 37.6 Å². The zero-order valence-electron chi connectivity index (χ0n) is 13.4. The number of nitrogens with one attached hydrogen (secondary N) is 2. The Morgan fingerprint density at radius 3 is 2.92 bits per heavy atom. The fourth-order valence-electron chi connectivity index (χ4n) is 2.61. The zero-order valence-corrected chi connectivity index (χ0v) is 13.4. The Morgan fingerprint density at radius 2 is 2.21 bits per heavy atom. The lowest BCUT2D eigenvalue weighted by atomic mass is 9.91. The molecule has 1 amide bonds. The number of nitriles is 1.